The van der Waals surface area contributed by atoms with Crippen LogP contribution in [0.3, 0.4) is 0 Å². The first-order valence-electron chi connectivity index (χ1n) is 7.34. The topological polar surface area (TPSA) is 56.0 Å². The highest BCUT2D eigenvalue weighted by Crippen LogP contribution is 2.36. The maximum Gasteiger partial charge on any atom is 0.227 e. The van der Waals surface area contributed by atoms with Crippen molar-refractivity contribution in [1.82, 2.24) is 4.98 Å². The molecule has 3 nitrogen and oxygen atoms in total. The SMILES string of the molecule is CCC(CC(C)(C(N)=O)c1ccccc1)c1ccccn1. The summed E-state index contributed by atoms with van der Waals surface area (Å²) in [6.07, 6.45) is 3.38. The number of carbonyl (C=O) groups excluding carboxylic acids is 1. The van der Waals surface area contributed by atoms with E-state index >= 15 is 0 Å². The van der Waals surface area contributed by atoms with E-state index in [9.17, 15) is 4.79 Å². The maximum absolute atomic E-state index is 12.1. The van der Waals surface area contributed by atoms with Gasteiger partial charge in [0.25, 0.3) is 0 Å². The normalized spacial score (nSPS) is 15.1. The number of amides is 1. The smallest absolute Gasteiger partial charge is 0.227 e. The molecule has 1 amide bonds. The molecule has 0 bridgehead atoms. The van der Waals surface area contributed by atoms with Crippen LogP contribution in [0.5, 0.6) is 0 Å². The van der Waals surface area contributed by atoms with E-state index in [0.717, 1.165) is 17.7 Å². The molecule has 0 radical (unpaired) electrons. The molecule has 110 valence electrons. The average Bonchev–Trinajstić information content (AvgIpc) is 2.54. The van der Waals surface area contributed by atoms with Crippen molar-refractivity contribution in [3.8, 4) is 0 Å². The lowest BCUT2D eigenvalue weighted by atomic mass is 9.73. The van der Waals surface area contributed by atoms with Gasteiger partial charge in [-0.25, -0.2) is 0 Å². The molecule has 0 aliphatic rings. The van der Waals surface area contributed by atoms with Gasteiger partial charge in [-0.2, -0.15) is 0 Å². The standard InChI is InChI=1S/C18H22N2O/c1-3-14(16-11-7-8-12-20-16)13-18(2,17(19)21)15-9-5-4-6-10-15/h4-12,14H,3,13H2,1-2H3,(H2,19,21). The molecule has 0 aliphatic carbocycles. The second-order valence-corrected chi connectivity index (χ2v) is 5.63. The molecule has 0 fully saturated rings. The Morgan fingerprint density at radius 2 is 1.86 bits per heavy atom. The first-order chi connectivity index (χ1) is 10.1. The molecular formula is C18H22N2O. The van der Waals surface area contributed by atoms with Crippen molar-refractivity contribution >= 4 is 5.91 Å². The number of pyridine rings is 1. The Hall–Kier alpha value is -2.16. The summed E-state index contributed by atoms with van der Waals surface area (Å²) in [6, 6.07) is 15.7. The van der Waals surface area contributed by atoms with Gasteiger partial charge in [-0.1, -0.05) is 43.3 Å². The van der Waals surface area contributed by atoms with Crippen molar-refractivity contribution in [3.05, 3.63) is 66.0 Å². The zero-order valence-corrected chi connectivity index (χ0v) is 12.6. The van der Waals surface area contributed by atoms with E-state index in [-0.39, 0.29) is 11.8 Å². The molecule has 2 unspecified atom stereocenters. The van der Waals surface area contributed by atoms with E-state index in [2.05, 4.69) is 11.9 Å². The third-order valence-corrected chi connectivity index (χ3v) is 4.21. The summed E-state index contributed by atoms with van der Waals surface area (Å²) in [6.45, 7) is 4.04. The molecule has 2 rings (SSSR count). The number of hydrogen-bond acceptors (Lipinski definition) is 2. The van der Waals surface area contributed by atoms with Gasteiger partial charge >= 0.3 is 0 Å². The molecule has 0 saturated carbocycles. The molecule has 21 heavy (non-hydrogen) atoms. The molecule has 2 N–H and O–H groups in total. The summed E-state index contributed by atoms with van der Waals surface area (Å²) in [4.78, 5) is 16.5. The minimum absolute atomic E-state index is 0.212. The van der Waals surface area contributed by atoms with E-state index in [1.807, 2.05) is 55.5 Å². The number of nitrogens with two attached hydrogens (primary N) is 1. The van der Waals surface area contributed by atoms with Crippen LogP contribution in [0.4, 0.5) is 0 Å². The van der Waals surface area contributed by atoms with Gasteiger partial charge < -0.3 is 5.73 Å². The predicted molar refractivity (Wildman–Crippen MR) is 84.9 cm³/mol. The molecule has 1 aromatic carbocycles. The van der Waals surface area contributed by atoms with Crippen molar-refractivity contribution in [2.45, 2.75) is 38.0 Å². The zero-order valence-electron chi connectivity index (χ0n) is 12.6. The Morgan fingerprint density at radius 1 is 1.19 bits per heavy atom. The highest BCUT2D eigenvalue weighted by atomic mass is 16.1. The van der Waals surface area contributed by atoms with Gasteiger partial charge in [0.2, 0.25) is 5.91 Å². The number of primary amides is 1. The molecule has 2 aromatic rings. The first kappa shape index (κ1) is 15.2. The highest BCUT2D eigenvalue weighted by molar-refractivity contribution is 5.86. The highest BCUT2D eigenvalue weighted by Gasteiger charge is 2.36. The van der Waals surface area contributed by atoms with Crippen molar-refractivity contribution in [2.24, 2.45) is 5.73 Å². The van der Waals surface area contributed by atoms with Gasteiger partial charge in [0, 0.05) is 17.8 Å². The fraction of sp³-hybridized carbons (Fsp3) is 0.333. The van der Waals surface area contributed by atoms with Gasteiger partial charge in [-0.05, 0) is 37.5 Å². The fourth-order valence-electron chi connectivity index (χ4n) is 2.74. The zero-order chi connectivity index (χ0) is 15.3. The Balaban J connectivity index is 2.34. The van der Waals surface area contributed by atoms with Gasteiger partial charge in [0.1, 0.15) is 0 Å². The molecule has 0 saturated heterocycles. The third-order valence-electron chi connectivity index (χ3n) is 4.21. The number of nitrogens with zero attached hydrogens (tertiary/aromatic N) is 1. The number of hydrogen-bond donors (Lipinski definition) is 1. The Morgan fingerprint density at radius 3 is 2.38 bits per heavy atom. The van der Waals surface area contributed by atoms with Crippen molar-refractivity contribution < 1.29 is 4.79 Å². The largest absolute Gasteiger partial charge is 0.369 e. The Bertz CT molecular complexity index is 583. The van der Waals surface area contributed by atoms with Crippen molar-refractivity contribution in [2.75, 3.05) is 0 Å². The number of rotatable bonds is 6. The van der Waals surface area contributed by atoms with E-state index in [1.54, 1.807) is 6.20 Å². The Labute approximate surface area is 126 Å². The minimum Gasteiger partial charge on any atom is -0.369 e. The molecule has 1 heterocycles. The van der Waals surface area contributed by atoms with E-state index in [4.69, 9.17) is 5.73 Å². The molecule has 0 spiro atoms. The van der Waals surface area contributed by atoms with Crippen LogP contribution in [0.2, 0.25) is 0 Å². The van der Waals surface area contributed by atoms with Crippen LogP contribution in [0, 0.1) is 0 Å². The number of aromatic nitrogens is 1. The van der Waals surface area contributed by atoms with Gasteiger partial charge in [0.05, 0.1) is 5.41 Å². The lowest BCUT2D eigenvalue weighted by Crippen LogP contribution is -2.39. The maximum atomic E-state index is 12.1. The summed E-state index contributed by atoms with van der Waals surface area (Å²) < 4.78 is 0. The summed E-state index contributed by atoms with van der Waals surface area (Å²) in [5.74, 6) is -0.0769. The first-order valence-corrected chi connectivity index (χ1v) is 7.34. The van der Waals surface area contributed by atoms with Gasteiger partial charge in [-0.3, -0.25) is 9.78 Å². The second-order valence-electron chi connectivity index (χ2n) is 5.63. The van der Waals surface area contributed by atoms with Crippen LogP contribution in [0.25, 0.3) is 0 Å². The lowest BCUT2D eigenvalue weighted by molar-refractivity contribution is -0.123. The van der Waals surface area contributed by atoms with Crippen LogP contribution in [-0.4, -0.2) is 10.9 Å². The molecule has 0 aliphatic heterocycles. The second kappa shape index (κ2) is 6.53. The third kappa shape index (κ3) is 3.30. The summed E-state index contributed by atoms with van der Waals surface area (Å²) in [7, 11) is 0. The predicted octanol–water partition coefficient (Wildman–Crippen LogP) is 3.41. The van der Waals surface area contributed by atoms with E-state index < -0.39 is 5.41 Å². The van der Waals surface area contributed by atoms with Crippen LogP contribution >= 0.6 is 0 Å². The van der Waals surface area contributed by atoms with Crippen LogP contribution in [-0.2, 0) is 10.2 Å². The van der Waals surface area contributed by atoms with Crippen LogP contribution in [0.15, 0.2) is 54.7 Å². The monoisotopic (exact) mass is 282 g/mol. The number of benzene rings is 1. The van der Waals surface area contributed by atoms with Crippen molar-refractivity contribution in [3.63, 3.8) is 0 Å². The van der Waals surface area contributed by atoms with Crippen LogP contribution in [0.1, 0.15) is 43.9 Å². The quantitative estimate of drug-likeness (QED) is 0.882. The lowest BCUT2D eigenvalue weighted by Gasteiger charge is -2.30. The summed E-state index contributed by atoms with van der Waals surface area (Å²) in [5, 5.41) is 0. The molecule has 1 aromatic heterocycles. The van der Waals surface area contributed by atoms with E-state index in [0.29, 0.717) is 6.42 Å². The van der Waals surface area contributed by atoms with E-state index in [1.165, 1.54) is 0 Å². The number of carbonyl (C=O) groups is 1. The molecule has 3 heteroatoms. The van der Waals surface area contributed by atoms with Gasteiger partial charge in [0.15, 0.2) is 0 Å². The molecule has 2 atom stereocenters. The Kier molecular flexibility index (Phi) is 4.73. The van der Waals surface area contributed by atoms with Crippen molar-refractivity contribution in [1.29, 1.82) is 0 Å². The van der Waals surface area contributed by atoms with Gasteiger partial charge in [-0.15, -0.1) is 0 Å². The average molecular weight is 282 g/mol. The van der Waals surface area contributed by atoms with Crippen LogP contribution < -0.4 is 5.73 Å². The summed E-state index contributed by atoms with van der Waals surface area (Å²) >= 11 is 0. The minimum atomic E-state index is -0.681. The summed E-state index contributed by atoms with van der Waals surface area (Å²) in [5.41, 5.74) is 7.03. The fourth-order valence-corrected chi connectivity index (χ4v) is 2.74. The molecular weight excluding hydrogens is 260 g/mol.